The number of carbonyl (C=O) groups is 3. The van der Waals surface area contributed by atoms with Gasteiger partial charge in [-0.2, -0.15) is 0 Å². The number of rotatable bonds is 0. The Kier molecular flexibility index (Phi) is 3.34. The summed E-state index contributed by atoms with van der Waals surface area (Å²) in [5, 5.41) is 0.669. The highest BCUT2D eigenvalue weighted by atomic mass is 32.2. The molecule has 2 heterocycles. The molecule has 18 heavy (non-hydrogen) atoms. The van der Waals surface area contributed by atoms with Gasteiger partial charge in [-0.3, -0.25) is 19.4 Å². The Balaban J connectivity index is 2.47. The van der Waals surface area contributed by atoms with Crippen molar-refractivity contribution >= 4 is 29.6 Å². The fraction of sp³-hybridized carbons (Fsp3) is 0.545. The second kappa shape index (κ2) is 4.64. The monoisotopic (exact) mass is 269 g/mol. The molecule has 0 aliphatic carbocycles. The van der Waals surface area contributed by atoms with E-state index in [1.165, 1.54) is 25.9 Å². The van der Waals surface area contributed by atoms with E-state index in [0.717, 1.165) is 28.5 Å². The van der Waals surface area contributed by atoms with E-state index >= 15 is 0 Å². The third-order valence-electron chi connectivity index (χ3n) is 3.05. The molecule has 2 aliphatic rings. The van der Waals surface area contributed by atoms with Crippen LogP contribution in [0.4, 0.5) is 4.79 Å². The fourth-order valence-corrected chi connectivity index (χ4v) is 3.05. The molecule has 0 aromatic carbocycles. The first kappa shape index (κ1) is 12.9. The van der Waals surface area contributed by atoms with Crippen molar-refractivity contribution < 1.29 is 14.4 Å². The highest BCUT2D eigenvalue weighted by Gasteiger charge is 2.41. The van der Waals surface area contributed by atoms with Crippen molar-refractivity contribution in [3.63, 3.8) is 0 Å². The topological polar surface area (TPSA) is 60.9 Å². The molecule has 0 unspecified atom stereocenters. The van der Waals surface area contributed by atoms with Gasteiger partial charge in [0.2, 0.25) is 0 Å². The van der Waals surface area contributed by atoms with Crippen molar-refractivity contribution in [2.24, 2.45) is 0 Å². The number of carbonyl (C=O) groups excluding carboxylic acids is 3. The number of imide groups is 2. The SMILES string of the molecule is CN1CCCSC1=C1C(=O)N(C)C(=O)N(C)C1=O. The number of thioether (sulfide) groups is 1. The van der Waals surface area contributed by atoms with Crippen LogP contribution < -0.4 is 0 Å². The van der Waals surface area contributed by atoms with E-state index < -0.39 is 17.8 Å². The van der Waals surface area contributed by atoms with Gasteiger partial charge >= 0.3 is 6.03 Å². The molecular formula is C11H15N3O3S. The van der Waals surface area contributed by atoms with Crippen LogP contribution >= 0.6 is 11.8 Å². The summed E-state index contributed by atoms with van der Waals surface area (Å²) in [6.45, 7) is 0.813. The predicted octanol–water partition coefficient (Wildman–Crippen LogP) is 0.317. The van der Waals surface area contributed by atoms with Crippen molar-refractivity contribution in [1.82, 2.24) is 14.7 Å². The van der Waals surface area contributed by atoms with Crippen molar-refractivity contribution in [3.8, 4) is 0 Å². The zero-order valence-corrected chi connectivity index (χ0v) is 11.4. The quantitative estimate of drug-likeness (QED) is 0.468. The maximum Gasteiger partial charge on any atom is 0.333 e. The maximum atomic E-state index is 12.1. The molecule has 2 fully saturated rings. The van der Waals surface area contributed by atoms with Crippen LogP contribution in [-0.2, 0) is 9.59 Å². The van der Waals surface area contributed by atoms with Gasteiger partial charge in [-0.05, 0) is 6.42 Å². The van der Waals surface area contributed by atoms with E-state index in [2.05, 4.69) is 0 Å². The van der Waals surface area contributed by atoms with Crippen LogP contribution in [0.3, 0.4) is 0 Å². The zero-order valence-electron chi connectivity index (χ0n) is 10.6. The molecule has 0 atom stereocenters. The molecule has 0 bridgehead atoms. The largest absolute Gasteiger partial charge is 0.369 e. The molecule has 0 radical (unpaired) electrons. The number of amides is 4. The van der Waals surface area contributed by atoms with Crippen LogP contribution in [0.15, 0.2) is 10.6 Å². The first-order valence-electron chi connectivity index (χ1n) is 5.63. The lowest BCUT2D eigenvalue weighted by molar-refractivity contribution is -0.134. The minimum atomic E-state index is -0.585. The van der Waals surface area contributed by atoms with Gasteiger partial charge in [-0.25, -0.2) is 4.79 Å². The molecule has 0 saturated carbocycles. The Morgan fingerprint density at radius 1 is 1.00 bits per heavy atom. The number of hydrogen-bond acceptors (Lipinski definition) is 5. The Hall–Kier alpha value is -1.50. The summed E-state index contributed by atoms with van der Waals surface area (Å²) in [5.74, 6) is -0.149. The molecule has 0 aromatic heterocycles. The van der Waals surface area contributed by atoms with Gasteiger partial charge in [0.25, 0.3) is 11.8 Å². The van der Waals surface area contributed by atoms with Gasteiger partial charge < -0.3 is 4.90 Å². The van der Waals surface area contributed by atoms with Crippen LogP contribution in [0.5, 0.6) is 0 Å². The average Bonchev–Trinajstić information content (AvgIpc) is 2.36. The molecule has 0 aromatic rings. The minimum Gasteiger partial charge on any atom is -0.369 e. The van der Waals surface area contributed by atoms with Crippen LogP contribution in [0, 0.1) is 0 Å². The van der Waals surface area contributed by atoms with E-state index in [-0.39, 0.29) is 5.57 Å². The second-order valence-electron chi connectivity index (χ2n) is 4.31. The van der Waals surface area contributed by atoms with Crippen LogP contribution in [0.2, 0.25) is 0 Å². The lowest BCUT2D eigenvalue weighted by Crippen LogP contribution is -2.54. The number of barbiturate groups is 1. The van der Waals surface area contributed by atoms with E-state index in [1.807, 2.05) is 11.9 Å². The fourth-order valence-electron chi connectivity index (χ4n) is 1.95. The van der Waals surface area contributed by atoms with Gasteiger partial charge in [0, 0.05) is 33.4 Å². The molecule has 2 saturated heterocycles. The summed E-state index contributed by atoms with van der Waals surface area (Å²) >= 11 is 1.49. The molecular weight excluding hydrogens is 254 g/mol. The van der Waals surface area contributed by atoms with Crippen LogP contribution in [0.25, 0.3) is 0 Å². The summed E-state index contributed by atoms with van der Waals surface area (Å²) in [6, 6.07) is -0.585. The maximum absolute atomic E-state index is 12.1. The standard InChI is InChI=1S/C11H15N3O3S/c1-12-5-4-6-18-10(12)7-8(15)13(2)11(17)14(3)9(7)16/h4-6H2,1-3H3. The number of likely N-dealkylation sites (N-methyl/N-ethyl adjacent to an activating group) is 2. The number of hydrogen-bond donors (Lipinski definition) is 0. The van der Waals surface area contributed by atoms with Gasteiger partial charge in [0.15, 0.2) is 0 Å². The third-order valence-corrected chi connectivity index (χ3v) is 4.33. The zero-order chi connectivity index (χ0) is 13.4. The van der Waals surface area contributed by atoms with Crippen LogP contribution in [-0.4, -0.2) is 66.0 Å². The normalized spacial score (nSPS) is 22.2. The predicted molar refractivity (Wildman–Crippen MR) is 67.7 cm³/mol. The third kappa shape index (κ3) is 1.88. The van der Waals surface area contributed by atoms with Gasteiger partial charge in [0.1, 0.15) is 5.57 Å². The summed E-state index contributed by atoms with van der Waals surface area (Å²) in [4.78, 5) is 39.7. The molecule has 0 N–H and O–H groups in total. The second-order valence-corrected chi connectivity index (χ2v) is 5.40. The van der Waals surface area contributed by atoms with E-state index in [0.29, 0.717) is 5.03 Å². The highest BCUT2D eigenvalue weighted by molar-refractivity contribution is 8.03. The Morgan fingerprint density at radius 3 is 2.06 bits per heavy atom. The average molecular weight is 269 g/mol. The Labute approximate surface area is 110 Å². The number of urea groups is 1. The Morgan fingerprint density at radius 2 is 1.56 bits per heavy atom. The van der Waals surface area contributed by atoms with Crippen molar-refractivity contribution in [2.75, 3.05) is 33.4 Å². The lowest BCUT2D eigenvalue weighted by Gasteiger charge is -2.34. The summed E-state index contributed by atoms with van der Waals surface area (Å²) < 4.78 is 0. The smallest absolute Gasteiger partial charge is 0.333 e. The molecule has 7 heteroatoms. The molecule has 2 rings (SSSR count). The molecule has 6 nitrogen and oxygen atoms in total. The van der Waals surface area contributed by atoms with Crippen molar-refractivity contribution in [3.05, 3.63) is 10.6 Å². The summed E-state index contributed by atoms with van der Waals surface area (Å²) in [7, 11) is 4.63. The Bertz CT molecular complexity index is 434. The van der Waals surface area contributed by atoms with Crippen molar-refractivity contribution in [1.29, 1.82) is 0 Å². The molecule has 2 aliphatic heterocycles. The first-order chi connectivity index (χ1) is 8.45. The van der Waals surface area contributed by atoms with Crippen LogP contribution in [0.1, 0.15) is 6.42 Å². The molecule has 98 valence electrons. The van der Waals surface area contributed by atoms with E-state index in [4.69, 9.17) is 0 Å². The summed E-state index contributed by atoms with van der Waals surface area (Å²) in [6.07, 6.45) is 1.02. The first-order valence-corrected chi connectivity index (χ1v) is 6.62. The lowest BCUT2D eigenvalue weighted by atomic mass is 10.1. The van der Waals surface area contributed by atoms with Gasteiger partial charge in [0.05, 0.1) is 5.03 Å². The minimum absolute atomic E-state index is 0.104. The van der Waals surface area contributed by atoms with E-state index in [1.54, 1.807) is 0 Å². The molecule has 0 spiro atoms. The highest BCUT2D eigenvalue weighted by Crippen LogP contribution is 2.31. The van der Waals surface area contributed by atoms with E-state index in [9.17, 15) is 14.4 Å². The van der Waals surface area contributed by atoms with Gasteiger partial charge in [-0.15, -0.1) is 11.8 Å². The summed E-state index contributed by atoms with van der Waals surface area (Å²) in [5.41, 5.74) is 0.104. The molecule has 4 amide bonds. The van der Waals surface area contributed by atoms with Gasteiger partial charge in [-0.1, -0.05) is 0 Å². The number of nitrogens with zero attached hydrogens (tertiary/aromatic N) is 3. The van der Waals surface area contributed by atoms with Crippen molar-refractivity contribution in [2.45, 2.75) is 6.42 Å².